The Kier molecular flexibility index (Phi) is 2.35. The lowest BCUT2D eigenvalue weighted by Gasteiger charge is -1.99. The average Bonchev–Trinajstić information content (AvgIpc) is 2.66. The van der Waals surface area contributed by atoms with E-state index >= 15 is 0 Å². The minimum atomic E-state index is 0.586. The van der Waals surface area contributed by atoms with Gasteiger partial charge >= 0.3 is 0 Å². The largest absolute Gasteiger partial charge is 0.317 e. The Morgan fingerprint density at radius 3 is 2.60 bits per heavy atom. The Balaban J connectivity index is 2.40. The molecule has 0 unspecified atom stereocenters. The fraction of sp³-hybridized carbons (Fsp3) is 0.111. The lowest BCUT2D eigenvalue weighted by atomic mass is 10.2. The van der Waals surface area contributed by atoms with E-state index in [-0.39, 0.29) is 0 Å². The normalized spacial score (nSPS) is 9.67. The van der Waals surface area contributed by atoms with Gasteiger partial charge in [-0.15, -0.1) is 10.2 Å². The van der Waals surface area contributed by atoms with E-state index in [0.29, 0.717) is 5.69 Å². The zero-order chi connectivity index (χ0) is 10.7. The van der Waals surface area contributed by atoms with Gasteiger partial charge < -0.3 is 4.57 Å². The van der Waals surface area contributed by atoms with E-state index in [4.69, 9.17) is 5.53 Å². The number of benzene rings is 1. The van der Waals surface area contributed by atoms with Crippen LogP contribution in [0.4, 0.5) is 5.69 Å². The number of rotatable bonds is 2. The van der Waals surface area contributed by atoms with Gasteiger partial charge in [0, 0.05) is 23.2 Å². The van der Waals surface area contributed by atoms with E-state index in [1.165, 1.54) is 0 Å². The molecule has 6 heteroatoms. The van der Waals surface area contributed by atoms with Gasteiger partial charge in [-0.25, -0.2) is 0 Å². The Labute approximate surface area is 85.8 Å². The summed E-state index contributed by atoms with van der Waals surface area (Å²) in [4.78, 5) is 2.71. The van der Waals surface area contributed by atoms with Crippen molar-refractivity contribution in [2.75, 3.05) is 0 Å². The van der Waals surface area contributed by atoms with Gasteiger partial charge in [0.1, 0.15) is 6.33 Å². The summed E-state index contributed by atoms with van der Waals surface area (Å²) in [5.74, 6) is 0.780. The Hall–Kier alpha value is -2.33. The number of hydrogen-bond donors (Lipinski definition) is 0. The highest BCUT2D eigenvalue weighted by molar-refractivity contribution is 5.58. The second kappa shape index (κ2) is 3.81. The molecule has 1 aromatic heterocycles. The predicted molar refractivity (Wildman–Crippen MR) is 55.2 cm³/mol. The summed E-state index contributed by atoms with van der Waals surface area (Å²) in [6.45, 7) is 0. The molecule has 0 fully saturated rings. The zero-order valence-corrected chi connectivity index (χ0v) is 8.07. The van der Waals surface area contributed by atoms with Gasteiger partial charge in [0.05, 0.1) is 0 Å². The van der Waals surface area contributed by atoms with E-state index in [9.17, 15) is 0 Å². The second-order valence-corrected chi connectivity index (χ2v) is 3.00. The zero-order valence-electron chi connectivity index (χ0n) is 8.07. The summed E-state index contributed by atoms with van der Waals surface area (Å²) < 4.78 is 1.82. The summed E-state index contributed by atoms with van der Waals surface area (Å²) in [7, 11) is 1.87. The SMILES string of the molecule is Cn1cnnc1-c1ccc(N=[N+]=[N-])cc1. The molecule has 0 N–H and O–H groups in total. The third-order valence-corrected chi connectivity index (χ3v) is 2.00. The van der Waals surface area contributed by atoms with Crippen LogP contribution < -0.4 is 0 Å². The van der Waals surface area contributed by atoms with Gasteiger partial charge in [-0.05, 0) is 5.53 Å². The van der Waals surface area contributed by atoms with Crippen molar-refractivity contribution in [3.63, 3.8) is 0 Å². The maximum atomic E-state index is 8.25. The van der Waals surface area contributed by atoms with Crippen LogP contribution in [0.1, 0.15) is 0 Å². The number of azide groups is 1. The monoisotopic (exact) mass is 200 g/mol. The van der Waals surface area contributed by atoms with Gasteiger partial charge in [-0.2, -0.15) is 0 Å². The summed E-state index contributed by atoms with van der Waals surface area (Å²) in [6.07, 6.45) is 1.64. The first-order chi connectivity index (χ1) is 7.31. The molecule has 0 aliphatic rings. The fourth-order valence-electron chi connectivity index (χ4n) is 1.27. The Morgan fingerprint density at radius 1 is 1.33 bits per heavy atom. The second-order valence-electron chi connectivity index (χ2n) is 3.00. The molecule has 0 saturated carbocycles. The van der Waals surface area contributed by atoms with Gasteiger partial charge in [0.2, 0.25) is 0 Å². The quantitative estimate of drug-likeness (QED) is 0.424. The number of aryl methyl sites for hydroxylation is 1. The molecule has 1 aromatic carbocycles. The molecule has 15 heavy (non-hydrogen) atoms. The standard InChI is InChI=1S/C9H8N6/c1-15-6-11-13-9(15)7-2-4-8(5-3-7)12-14-10/h2-6H,1H3. The molecule has 2 rings (SSSR count). The van der Waals surface area contributed by atoms with E-state index in [1.54, 1.807) is 18.5 Å². The van der Waals surface area contributed by atoms with E-state index < -0.39 is 0 Å². The Morgan fingerprint density at radius 2 is 2.07 bits per heavy atom. The van der Waals surface area contributed by atoms with Crippen molar-refractivity contribution in [3.8, 4) is 11.4 Å². The molecule has 0 saturated heterocycles. The van der Waals surface area contributed by atoms with Crippen LogP contribution in [0.3, 0.4) is 0 Å². The van der Waals surface area contributed by atoms with Crippen LogP contribution in [0.15, 0.2) is 35.7 Å². The first-order valence-corrected chi connectivity index (χ1v) is 4.31. The molecule has 0 atom stereocenters. The van der Waals surface area contributed by atoms with Crippen LogP contribution in [-0.2, 0) is 7.05 Å². The first-order valence-electron chi connectivity index (χ1n) is 4.31. The van der Waals surface area contributed by atoms with Crippen molar-refractivity contribution in [2.45, 2.75) is 0 Å². The number of nitrogens with zero attached hydrogens (tertiary/aromatic N) is 6. The van der Waals surface area contributed by atoms with Crippen molar-refractivity contribution in [1.82, 2.24) is 14.8 Å². The molecule has 2 aromatic rings. The van der Waals surface area contributed by atoms with Crippen LogP contribution in [0.25, 0.3) is 21.8 Å². The van der Waals surface area contributed by atoms with E-state index in [2.05, 4.69) is 20.2 Å². The smallest absolute Gasteiger partial charge is 0.163 e. The number of hydrogen-bond acceptors (Lipinski definition) is 3. The van der Waals surface area contributed by atoms with Crippen molar-refractivity contribution in [2.24, 2.45) is 12.2 Å². The molecule has 0 bridgehead atoms. The van der Waals surface area contributed by atoms with Crippen LogP contribution >= 0.6 is 0 Å². The van der Waals surface area contributed by atoms with Crippen molar-refractivity contribution >= 4 is 5.69 Å². The minimum Gasteiger partial charge on any atom is -0.317 e. The highest BCUT2D eigenvalue weighted by Crippen LogP contribution is 2.20. The molecular formula is C9H8N6. The first kappa shape index (κ1) is 9.23. The summed E-state index contributed by atoms with van der Waals surface area (Å²) in [5, 5.41) is 11.2. The molecular weight excluding hydrogens is 192 g/mol. The van der Waals surface area contributed by atoms with Crippen molar-refractivity contribution in [1.29, 1.82) is 0 Å². The van der Waals surface area contributed by atoms with Crippen LogP contribution in [0.5, 0.6) is 0 Å². The molecule has 0 aliphatic carbocycles. The van der Waals surface area contributed by atoms with Crippen LogP contribution in [0.2, 0.25) is 0 Å². The maximum Gasteiger partial charge on any atom is 0.163 e. The molecule has 0 aliphatic heterocycles. The van der Waals surface area contributed by atoms with Crippen molar-refractivity contribution < 1.29 is 0 Å². The highest BCUT2D eigenvalue weighted by Gasteiger charge is 2.02. The molecule has 0 amide bonds. The molecule has 0 spiro atoms. The molecule has 1 heterocycles. The van der Waals surface area contributed by atoms with Crippen LogP contribution in [0, 0.1) is 0 Å². The van der Waals surface area contributed by atoms with Gasteiger partial charge in [0.15, 0.2) is 5.82 Å². The maximum absolute atomic E-state index is 8.25. The van der Waals surface area contributed by atoms with E-state index in [0.717, 1.165) is 11.4 Å². The summed E-state index contributed by atoms with van der Waals surface area (Å²) in [5.41, 5.74) is 9.77. The highest BCUT2D eigenvalue weighted by atomic mass is 15.2. The number of aromatic nitrogens is 3. The van der Waals surface area contributed by atoms with Gasteiger partial charge in [0.25, 0.3) is 0 Å². The van der Waals surface area contributed by atoms with Crippen LogP contribution in [-0.4, -0.2) is 14.8 Å². The third kappa shape index (κ3) is 1.79. The molecule has 0 radical (unpaired) electrons. The van der Waals surface area contributed by atoms with E-state index in [1.807, 2.05) is 23.7 Å². The van der Waals surface area contributed by atoms with Crippen molar-refractivity contribution in [3.05, 3.63) is 41.0 Å². The summed E-state index contributed by atoms with van der Waals surface area (Å²) >= 11 is 0. The summed E-state index contributed by atoms with van der Waals surface area (Å²) in [6, 6.07) is 7.16. The van der Waals surface area contributed by atoms with Gasteiger partial charge in [-0.1, -0.05) is 29.4 Å². The lowest BCUT2D eigenvalue weighted by molar-refractivity contribution is 0.920. The predicted octanol–water partition coefficient (Wildman–Crippen LogP) is 2.42. The third-order valence-electron chi connectivity index (χ3n) is 2.00. The topological polar surface area (TPSA) is 79.5 Å². The lowest BCUT2D eigenvalue weighted by Crippen LogP contribution is -1.90. The average molecular weight is 200 g/mol. The fourth-order valence-corrected chi connectivity index (χ4v) is 1.27. The molecule has 6 nitrogen and oxygen atoms in total. The van der Waals surface area contributed by atoms with Gasteiger partial charge in [-0.3, -0.25) is 0 Å². The minimum absolute atomic E-state index is 0.586. The Bertz CT molecular complexity index is 506. The molecule has 74 valence electrons.